The molecular formula is C14H23N3O3. The van der Waals surface area contributed by atoms with Crippen LogP contribution in [0.5, 0.6) is 0 Å². The quantitative estimate of drug-likeness (QED) is 0.549. The minimum absolute atomic E-state index is 0.128. The molecule has 2 aliphatic heterocycles. The zero-order chi connectivity index (χ0) is 14.4. The molecule has 2 aliphatic rings. The fraction of sp³-hybridized carbons (Fsp3) is 0.786. The molecule has 0 radical (unpaired) electrons. The highest BCUT2D eigenvalue weighted by Gasteiger charge is 2.33. The molecule has 0 aromatic heterocycles. The summed E-state index contributed by atoms with van der Waals surface area (Å²) in [6.45, 7) is 1.28. The number of hydrogen-bond donors (Lipinski definition) is 3. The first-order valence-corrected chi connectivity index (χ1v) is 7.54. The zero-order valence-electron chi connectivity index (χ0n) is 11.7. The van der Waals surface area contributed by atoms with E-state index >= 15 is 0 Å². The highest BCUT2D eigenvalue weighted by atomic mass is 16.2. The third-order valence-corrected chi connectivity index (χ3v) is 3.95. The average molecular weight is 281 g/mol. The number of amides is 3. The maximum Gasteiger partial charge on any atom is 0.242 e. The third-order valence-electron chi connectivity index (χ3n) is 3.95. The molecule has 6 nitrogen and oxygen atoms in total. The molecule has 3 amide bonds. The van der Waals surface area contributed by atoms with Crippen LogP contribution in [0.25, 0.3) is 0 Å². The smallest absolute Gasteiger partial charge is 0.242 e. The van der Waals surface area contributed by atoms with Crippen molar-refractivity contribution in [3.63, 3.8) is 0 Å². The molecule has 0 spiro atoms. The first-order chi connectivity index (χ1) is 9.68. The summed E-state index contributed by atoms with van der Waals surface area (Å²) < 4.78 is 0. The van der Waals surface area contributed by atoms with Crippen LogP contribution >= 0.6 is 0 Å². The summed E-state index contributed by atoms with van der Waals surface area (Å²) in [7, 11) is 0. The monoisotopic (exact) mass is 281 g/mol. The molecule has 2 bridgehead atoms. The van der Waals surface area contributed by atoms with Crippen LogP contribution in [-0.4, -0.2) is 36.9 Å². The summed E-state index contributed by atoms with van der Waals surface area (Å²) in [6.07, 6.45) is 5.73. The fourth-order valence-corrected chi connectivity index (χ4v) is 2.72. The second-order valence-corrected chi connectivity index (χ2v) is 5.54. The van der Waals surface area contributed by atoms with Crippen molar-refractivity contribution in [3.05, 3.63) is 0 Å². The topological polar surface area (TPSA) is 87.3 Å². The summed E-state index contributed by atoms with van der Waals surface area (Å²) in [5.41, 5.74) is 0. The number of hydrogen-bond acceptors (Lipinski definition) is 3. The standard InChI is InChI=1S/C14H23N3O3/c18-12-10-6-5-7-11(17-13(10)19)14(20)16-9-4-2-1-3-8-15-12/h10-11H,1-9H2,(H,15,18)(H,16,20)(H,17,19). The molecule has 2 saturated heterocycles. The van der Waals surface area contributed by atoms with E-state index in [0.717, 1.165) is 25.7 Å². The minimum Gasteiger partial charge on any atom is -0.355 e. The van der Waals surface area contributed by atoms with Crippen LogP contribution in [-0.2, 0) is 14.4 Å². The SMILES string of the molecule is O=C1NCCCCCCNC(=O)C2CCCC1NC2=O. The largest absolute Gasteiger partial charge is 0.355 e. The van der Waals surface area contributed by atoms with Crippen LogP contribution in [0.3, 0.4) is 0 Å². The normalized spacial score (nSPS) is 29.7. The van der Waals surface area contributed by atoms with Gasteiger partial charge in [0.1, 0.15) is 12.0 Å². The van der Waals surface area contributed by atoms with Gasteiger partial charge in [-0.05, 0) is 32.1 Å². The molecule has 6 heteroatoms. The van der Waals surface area contributed by atoms with E-state index in [1.807, 2.05) is 0 Å². The van der Waals surface area contributed by atoms with Gasteiger partial charge in [-0.3, -0.25) is 14.4 Å². The van der Waals surface area contributed by atoms with Crippen molar-refractivity contribution < 1.29 is 14.4 Å². The molecule has 0 aromatic carbocycles. The van der Waals surface area contributed by atoms with E-state index in [-0.39, 0.29) is 17.7 Å². The minimum atomic E-state index is -0.657. The molecule has 2 fully saturated rings. The Morgan fingerprint density at radius 3 is 2.05 bits per heavy atom. The molecular weight excluding hydrogens is 258 g/mol. The van der Waals surface area contributed by atoms with Crippen LogP contribution in [0.2, 0.25) is 0 Å². The summed E-state index contributed by atoms with van der Waals surface area (Å²) >= 11 is 0. The lowest BCUT2D eigenvalue weighted by Gasteiger charge is -2.18. The molecule has 2 unspecified atom stereocenters. The first kappa shape index (κ1) is 14.8. The summed E-state index contributed by atoms with van der Waals surface area (Å²) in [6, 6.07) is -0.497. The molecule has 2 rings (SSSR count). The molecule has 2 atom stereocenters. The van der Waals surface area contributed by atoms with Crippen molar-refractivity contribution in [2.24, 2.45) is 5.92 Å². The van der Waals surface area contributed by atoms with Crippen molar-refractivity contribution >= 4 is 17.7 Å². The van der Waals surface area contributed by atoms with Crippen LogP contribution in [0.15, 0.2) is 0 Å². The van der Waals surface area contributed by atoms with Gasteiger partial charge in [-0.15, -0.1) is 0 Å². The highest BCUT2D eigenvalue weighted by Crippen LogP contribution is 2.16. The van der Waals surface area contributed by atoms with Gasteiger partial charge in [-0.25, -0.2) is 0 Å². The van der Waals surface area contributed by atoms with Gasteiger partial charge < -0.3 is 16.0 Å². The van der Waals surface area contributed by atoms with Gasteiger partial charge in [0.2, 0.25) is 17.7 Å². The lowest BCUT2D eigenvalue weighted by Crippen LogP contribution is -2.49. The van der Waals surface area contributed by atoms with E-state index in [9.17, 15) is 14.4 Å². The number of carbonyl (C=O) groups is 3. The van der Waals surface area contributed by atoms with Crippen molar-refractivity contribution in [2.75, 3.05) is 13.1 Å². The van der Waals surface area contributed by atoms with Gasteiger partial charge in [-0.2, -0.15) is 0 Å². The number of fused-ring (bicyclic) bond motifs is 3. The Balaban J connectivity index is 2.05. The maximum atomic E-state index is 12.1. The molecule has 0 aromatic rings. The summed E-state index contributed by atoms with van der Waals surface area (Å²) in [5, 5.41) is 8.40. The summed E-state index contributed by atoms with van der Waals surface area (Å²) in [4.78, 5) is 36.1. The molecule has 0 saturated carbocycles. The number of carbonyl (C=O) groups excluding carboxylic acids is 3. The zero-order valence-corrected chi connectivity index (χ0v) is 11.7. The molecule has 112 valence electrons. The van der Waals surface area contributed by atoms with Gasteiger partial charge in [0.15, 0.2) is 0 Å². The first-order valence-electron chi connectivity index (χ1n) is 7.54. The Labute approximate surface area is 119 Å². The van der Waals surface area contributed by atoms with Crippen molar-refractivity contribution in [1.29, 1.82) is 0 Å². The number of nitrogens with one attached hydrogen (secondary N) is 3. The summed E-state index contributed by atoms with van der Waals surface area (Å²) in [5.74, 6) is -1.31. The van der Waals surface area contributed by atoms with E-state index in [1.54, 1.807) is 0 Å². The second-order valence-electron chi connectivity index (χ2n) is 5.54. The number of rotatable bonds is 0. The van der Waals surface area contributed by atoms with E-state index in [1.165, 1.54) is 0 Å². The van der Waals surface area contributed by atoms with E-state index in [0.29, 0.717) is 32.4 Å². The Morgan fingerprint density at radius 2 is 1.35 bits per heavy atom. The Kier molecular flexibility index (Phi) is 5.38. The average Bonchev–Trinajstić information content (AvgIpc) is 2.62. The predicted molar refractivity (Wildman–Crippen MR) is 73.8 cm³/mol. The Bertz CT molecular complexity index is 384. The van der Waals surface area contributed by atoms with Crippen molar-refractivity contribution in [3.8, 4) is 0 Å². The lowest BCUT2D eigenvalue weighted by atomic mass is 10.0. The van der Waals surface area contributed by atoms with Gasteiger partial charge in [0.25, 0.3) is 0 Å². The van der Waals surface area contributed by atoms with Gasteiger partial charge >= 0.3 is 0 Å². The van der Waals surface area contributed by atoms with Crippen LogP contribution in [0.4, 0.5) is 0 Å². The van der Waals surface area contributed by atoms with Gasteiger partial charge in [0.05, 0.1) is 0 Å². The lowest BCUT2D eigenvalue weighted by molar-refractivity contribution is -0.137. The Hall–Kier alpha value is -1.59. The highest BCUT2D eigenvalue weighted by molar-refractivity contribution is 6.02. The van der Waals surface area contributed by atoms with Crippen molar-refractivity contribution in [1.82, 2.24) is 16.0 Å². The second kappa shape index (κ2) is 7.26. The maximum absolute atomic E-state index is 12.1. The molecule has 3 N–H and O–H groups in total. The molecule has 2 heterocycles. The van der Waals surface area contributed by atoms with Crippen LogP contribution in [0.1, 0.15) is 44.9 Å². The fourth-order valence-electron chi connectivity index (χ4n) is 2.72. The predicted octanol–water partition coefficient (Wildman–Crippen LogP) is 0.0777. The third kappa shape index (κ3) is 3.95. The van der Waals surface area contributed by atoms with Crippen LogP contribution in [0, 0.1) is 5.92 Å². The van der Waals surface area contributed by atoms with E-state index < -0.39 is 12.0 Å². The molecule has 20 heavy (non-hydrogen) atoms. The van der Waals surface area contributed by atoms with Gasteiger partial charge in [-0.1, -0.05) is 12.8 Å². The Morgan fingerprint density at radius 1 is 0.700 bits per heavy atom. The molecule has 0 aliphatic carbocycles. The van der Waals surface area contributed by atoms with E-state index in [4.69, 9.17) is 0 Å². The van der Waals surface area contributed by atoms with E-state index in [2.05, 4.69) is 16.0 Å². The van der Waals surface area contributed by atoms with Crippen molar-refractivity contribution in [2.45, 2.75) is 51.0 Å². The van der Waals surface area contributed by atoms with Gasteiger partial charge in [0, 0.05) is 13.1 Å². The van der Waals surface area contributed by atoms with Crippen LogP contribution < -0.4 is 16.0 Å².